The van der Waals surface area contributed by atoms with Gasteiger partial charge in [-0.15, -0.1) is 0 Å². The number of sulfonamides is 1. The monoisotopic (exact) mass is 291 g/mol. The first-order valence-corrected chi connectivity index (χ1v) is 6.90. The van der Waals surface area contributed by atoms with Crippen LogP contribution in [-0.2, 0) is 10.0 Å². The lowest BCUT2D eigenvalue weighted by Gasteiger charge is -2.16. The summed E-state index contributed by atoms with van der Waals surface area (Å²) >= 11 is 2.24. The SMILES string of the molecule is CCN(CCCI)S(C)(=O)=O. The third-order valence-corrected chi connectivity index (χ3v) is 3.50. The van der Waals surface area contributed by atoms with Gasteiger partial charge in [0.15, 0.2) is 0 Å². The van der Waals surface area contributed by atoms with E-state index in [2.05, 4.69) is 22.6 Å². The highest BCUT2D eigenvalue weighted by Gasteiger charge is 2.12. The fourth-order valence-corrected chi connectivity index (χ4v) is 2.07. The number of halogens is 1. The average Bonchev–Trinajstić information content (AvgIpc) is 1.87. The molecule has 0 heterocycles. The van der Waals surface area contributed by atoms with Gasteiger partial charge in [-0.1, -0.05) is 29.5 Å². The molecule has 0 amide bonds. The van der Waals surface area contributed by atoms with E-state index < -0.39 is 10.0 Å². The second kappa shape index (κ2) is 5.31. The maximum atomic E-state index is 11.0. The molecule has 0 aromatic heterocycles. The lowest BCUT2D eigenvalue weighted by atomic mass is 10.5. The molecule has 0 saturated carbocycles. The molecule has 0 N–H and O–H groups in total. The van der Waals surface area contributed by atoms with Crippen molar-refractivity contribution in [3.05, 3.63) is 0 Å². The minimum Gasteiger partial charge on any atom is -0.213 e. The van der Waals surface area contributed by atoms with E-state index in [0.29, 0.717) is 13.1 Å². The zero-order valence-corrected chi connectivity index (χ0v) is 9.85. The number of hydrogen-bond acceptors (Lipinski definition) is 2. The summed E-state index contributed by atoms with van der Waals surface area (Å²) in [6.45, 7) is 3.09. The Hall–Kier alpha value is 0.640. The van der Waals surface area contributed by atoms with Gasteiger partial charge in [0.25, 0.3) is 0 Å². The third kappa shape index (κ3) is 4.97. The number of nitrogens with zero attached hydrogens (tertiary/aromatic N) is 1. The van der Waals surface area contributed by atoms with Crippen molar-refractivity contribution in [1.29, 1.82) is 0 Å². The fraction of sp³-hybridized carbons (Fsp3) is 1.00. The van der Waals surface area contributed by atoms with E-state index in [1.54, 1.807) is 0 Å². The Morgan fingerprint density at radius 1 is 1.45 bits per heavy atom. The van der Waals surface area contributed by atoms with Crippen molar-refractivity contribution < 1.29 is 8.42 Å². The maximum absolute atomic E-state index is 11.0. The lowest BCUT2D eigenvalue weighted by Crippen LogP contribution is -2.30. The van der Waals surface area contributed by atoms with Gasteiger partial charge in [-0.25, -0.2) is 12.7 Å². The topological polar surface area (TPSA) is 37.4 Å². The van der Waals surface area contributed by atoms with Crippen LogP contribution in [0.25, 0.3) is 0 Å². The van der Waals surface area contributed by atoms with E-state index in [9.17, 15) is 8.42 Å². The standard InChI is InChI=1S/C6H14INO2S/c1-3-8(6-4-5-7)11(2,9)10/h3-6H2,1-2H3. The Bertz CT molecular complexity index is 191. The molecule has 68 valence electrons. The molecule has 0 aliphatic heterocycles. The molecule has 0 aliphatic carbocycles. The van der Waals surface area contributed by atoms with Gasteiger partial charge < -0.3 is 0 Å². The molecule has 0 atom stereocenters. The molecule has 11 heavy (non-hydrogen) atoms. The predicted molar refractivity (Wildman–Crippen MR) is 55.6 cm³/mol. The molecule has 0 unspecified atom stereocenters. The Morgan fingerprint density at radius 2 is 2.00 bits per heavy atom. The van der Waals surface area contributed by atoms with Crippen LogP contribution in [0.5, 0.6) is 0 Å². The van der Waals surface area contributed by atoms with E-state index in [0.717, 1.165) is 10.8 Å². The molecule has 5 heteroatoms. The van der Waals surface area contributed by atoms with E-state index in [1.165, 1.54) is 10.6 Å². The highest BCUT2D eigenvalue weighted by Crippen LogP contribution is 2.00. The number of rotatable bonds is 5. The molecule has 0 spiro atoms. The van der Waals surface area contributed by atoms with Crippen molar-refractivity contribution in [3.8, 4) is 0 Å². The quantitative estimate of drug-likeness (QED) is 0.562. The Labute approximate surface area is 82.3 Å². The van der Waals surface area contributed by atoms with Gasteiger partial charge in [0, 0.05) is 17.5 Å². The summed E-state index contributed by atoms with van der Waals surface area (Å²) in [5, 5.41) is 0. The van der Waals surface area contributed by atoms with Crippen molar-refractivity contribution in [3.63, 3.8) is 0 Å². The number of alkyl halides is 1. The Kier molecular flexibility index (Phi) is 5.62. The summed E-state index contributed by atoms with van der Waals surface area (Å²) in [5.41, 5.74) is 0. The summed E-state index contributed by atoms with van der Waals surface area (Å²) in [4.78, 5) is 0. The molecule has 0 saturated heterocycles. The maximum Gasteiger partial charge on any atom is 0.211 e. The molecule has 3 nitrogen and oxygen atoms in total. The molecule has 0 bridgehead atoms. The van der Waals surface area contributed by atoms with Crippen LogP contribution in [0.3, 0.4) is 0 Å². The third-order valence-electron chi connectivity index (χ3n) is 1.36. The fourth-order valence-electron chi connectivity index (χ4n) is 0.795. The van der Waals surface area contributed by atoms with E-state index >= 15 is 0 Å². The zero-order chi connectivity index (χ0) is 8.91. The summed E-state index contributed by atoms with van der Waals surface area (Å²) < 4.78 is 24.5. The van der Waals surface area contributed by atoms with Crippen LogP contribution in [0.15, 0.2) is 0 Å². The first-order valence-electron chi connectivity index (χ1n) is 3.53. The second-order valence-electron chi connectivity index (χ2n) is 2.30. The van der Waals surface area contributed by atoms with Gasteiger partial charge >= 0.3 is 0 Å². The highest BCUT2D eigenvalue weighted by molar-refractivity contribution is 14.1. The van der Waals surface area contributed by atoms with Crippen LogP contribution in [-0.4, -0.2) is 36.5 Å². The molecule has 0 aliphatic rings. The lowest BCUT2D eigenvalue weighted by molar-refractivity contribution is 0.433. The molecule has 0 aromatic rings. The minimum atomic E-state index is -2.96. The van der Waals surface area contributed by atoms with Gasteiger partial charge in [0.1, 0.15) is 0 Å². The van der Waals surface area contributed by atoms with Gasteiger partial charge in [-0.05, 0) is 6.42 Å². The normalized spacial score (nSPS) is 12.4. The van der Waals surface area contributed by atoms with Crippen molar-refractivity contribution in [2.24, 2.45) is 0 Å². The smallest absolute Gasteiger partial charge is 0.211 e. The zero-order valence-electron chi connectivity index (χ0n) is 6.88. The average molecular weight is 291 g/mol. The largest absolute Gasteiger partial charge is 0.213 e. The first-order chi connectivity index (χ1) is 5.02. The molecular weight excluding hydrogens is 277 g/mol. The predicted octanol–water partition coefficient (Wildman–Crippen LogP) is 1.09. The van der Waals surface area contributed by atoms with Gasteiger partial charge in [-0.2, -0.15) is 0 Å². The Balaban J connectivity index is 3.97. The van der Waals surface area contributed by atoms with Crippen LogP contribution in [0.1, 0.15) is 13.3 Å². The molecule has 0 aromatic carbocycles. The van der Waals surface area contributed by atoms with Crippen LogP contribution in [0.2, 0.25) is 0 Å². The van der Waals surface area contributed by atoms with Crippen molar-refractivity contribution >= 4 is 32.6 Å². The van der Waals surface area contributed by atoms with E-state index in [-0.39, 0.29) is 0 Å². The van der Waals surface area contributed by atoms with Gasteiger partial charge in [0.2, 0.25) is 10.0 Å². The van der Waals surface area contributed by atoms with E-state index in [4.69, 9.17) is 0 Å². The molecule has 0 fully saturated rings. The summed E-state index contributed by atoms with van der Waals surface area (Å²) in [6, 6.07) is 0. The van der Waals surface area contributed by atoms with Crippen LogP contribution in [0.4, 0.5) is 0 Å². The van der Waals surface area contributed by atoms with Crippen molar-refractivity contribution in [1.82, 2.24) is 4.31 Å². The number of hydrogen-bond donors (Lipinski definition) is 0. The van der Waals surface area contributed by atoms with Crippen LogP contribution < -0.4 is 0 Å². The summed E-state index contributed by atoms with van der Waals surface area (Å²) in [7, 11) is -2.96. The molecular formula is C6H14INO2S. The summed E-state index contributed by atoms with van der Waals surface area (Å²) in [6.07, 6.45) is 2.19. The van der Waals surface area contributed by atoms with Crippen molar-refractivity contribution in [2.45, 2.75) is 13.3 Å². The van der Waals surface area contributed by atoms with Crippen LogP contribution >= 0.6 is 22.6 Å². The minimum absolute atomic E-state index is 0.579. The van der Waals surface area contributed by atoms with Crippen LogP contribution in [0, 0.1) is 0 Å². The van der Waals surface area contributed by atoms with Crippen molar-refractivity contribution in [2.75, 3.05) is 23.8 Å². The Morgan fingerprint density at radius 3 is 2.27 bits per heavy atom. The van der Waals surface area contributed by atoms with Gasteiger partial charge in [0.05, 0.1) is 6.26 Å². The van der Waals surface area contributed by atoms with E-state index in [1.807, 2.05) is 6.92 Å². The second-order valence-corrected chi connectivity index (χ2v) is 5.36. The highest BCUT2D eigenvalue weighted by atomic mass is 127. The first kappa shape index (κ1) is 11.6. The summed E-state index contributed by atoms with van der Waals surface area (Å²) in [5.74, 6) is 0. The van der Waals surface area contributed by atoms with Gasteiger partial charge in [-0.3, -0.25) is 0 Å². The molecule has 0 rings (SSSR count). The molecule has 0 radical (unpaired) electrons.